The van der Waals surface area contributed by atoms with E-state index in [1.54, 1.807) is 50.2 Å². The van der Waals surface area contributed by atoms with Crippen LogP contribution in [0.4, 0.5) is 4.39 Å². The molecule has 1 heterocycles. The Hall–Kier alpha value is -2.67. The standard InChI is InChI=1S/C19H23FN2O4/c1-13-16(19(24)25-4)9-15(26-13)11-21(2)12-18(23)22(3)10-14-7-5-6-8-17(14)20/h5-9H,10-12H2,1-4H3. The maximum absolute atomic E-state index is 13.7. The van der Waals surface area contributed by atoms with Crippen LogP contribution in [0.15, 0.2) is 34.7 Å². The lowest BCUT2D eigenvalue weighted by Crippen LogP contribution is -2.36. The SMILES string of the molecule is COC(=O)c1cc(CN(C)CC(=O)N(C)Cc2ccccc2F)oc1C. The highest BCUT2D eigenvalue weighted by Gasteiger charge is 2.18. The summed E-state index contributed by atoms with van der Waals surface area (Å²) in [5, 5.41) is 0. The lowest BCUT2D eigenvalue weighted by atomic mass is 10.2. The van der Waals surface area contributed by atoms with Gasteiger partial charge in [0.1, 0.15) is 22.9 Å². The van der Waals surface area contributed by atoms with E-state index in [2.05, 4.69) is 0 Å². The lowest BCUT2D eigenvalue weighted by Gasteiger charge is -2.21. The van der Waals surface area contributed by atoms with Crippen LogP contribution in [-0.4, -0.2) is 49.4 Å². The van der Waals surface area contributed by atoms with Crippen LogP contribution in [0, 0.1) is 12.7 Å². The topological polar surface area (TPSA) is 63.0 Å². The number of likely N-dealkylation sites (N-methyl/N-ethyl adjacent to an activating group) is 2. The van der Waals surface area contributed by atoms with E-state index in [1.165, 1.54) is 18.1 Å². The van der Waals surface area contributed by atoms with E-state index in [9.17, 15) is 14.0 Å². The van der Waals surface area contributed by atoms with E-state index < -0.39 is 5.97 Å². The molecule has 0 fully saturated rings. The van der Waals surface area contributed by atoms with Gasteiger partial charge in [-0.2, -0.15) is 0 Å². The van der Waals surface area contributed by atoms with Gasteiger partial charge in [-0.1, -0.05) is 18.2 Å². The third-order valence-corrected chi connectivity index (χ3v) is 4.00. The number of hydrogen-bond donors (Lipinski definition) is 0. The van der Waals surface area contributed by atoms with Gasteiger partial charge in [0.05, 0.1) is 20.2 Å². The molecule has 2 aromatic rings. The molecular formula is C19H23FN2O4. The smallest absolute Gasteiger partial charge is 0.341 e. The number of halogens is 1. The Balaban J connectivity index is 1.92. The molecule has 0 bridgehead atoms. The fraction of sp³-hybridized carbons (Fsp3) is 0.368. The first kappa shape index (κ1) is 19.7. The maximum Gasteiger partial charge on any atom is 0.341 e. The molecule has 1 aromatic heterocycles. The van der Waals surface area contributed by atoms with Gasteiger partial charge in [0.15, 0.2) is 0 Å². The molecule has 2 rings (SSSR count). The third-order valence-electron chi connectivity index (χ3n) is 4.00. The first-order chi connectivity index (χ1) is 12.3. The largest absolute Gasteiger partial charge is 0.465 e. The van der Waals surface area contributed by atoms with Crippen LogP contribution < -0.4 is 0 Å². The number of nitrogens with zero attached hydrogens (tertiary/aromatic N) is 2. The van der Waals surface area contributed by atoms with Gasteiger partial charge < -0.3 is 14.1 Å². The fourth-order valence-electron chi connectivity index (χ4n) is 2.58. The highest BCUT2D eigenvalue weighted by Crippen LogP contribution is 2.17. The second kappa shape index (κ2) is 8.62. The van der Waals surface area contributed by atoms with Crippen molar-refractivity contribution < 1.29 is 23.1 Å². The summed E-state index contributed by atoms with van der Waals surface area (Å²) in [5.74, 6) is 0.105. The second-order valence-corrected chi connectivity index (χ2v) is 6.19. The molecule has 1 aromatic carbocycles. The first-order valence-electron chi connectivity index (χ1n) is 8.15. The maximum atomic E-state index is 13.7. The van der Waals surface area contributed by atoms with Crippen LogP contribution >= 0.6 is 0 Å². The Morgan fingerprint density at radius 2 is 1.88 bits per heavy atom. The Kier molecular flexibility index (Phi) is 6.52. The monoisotopic (exact) mass is 362 g/mol. The summed E-state index contributed by atoms with van der Waals surface area (Å²) < 4.78 is 23.9. The summed E-state index contributed by atoms with van der Waals surface area (Å²) in [7, 11) is 4.71. The molecule has 0 atom stereocenters. The second-order valence-electron chi connectivity index (χ2n) is 6.19. The number of ether oxygens (including phenoxy) is 1. The van der Waals surface area contributed by atoms with Crippen LogP contribution in [0.25, 0.3) is 0 Å². The van der Waals surface area contributed by atoms with E-state index in [4.69, 9.17) is 9.15 Å². The minimum atomic E-state index is -0.458. The summed E-state index contributed by atoms with van der Waals surface area (Å²) in [5.41, 5.74) is 0.842. The molecule has 0 unspecified atom stereocenters. The molecule has 7 heteroatoms. The zero-order valence-electron chi connectivity index (χ0n) is 15.4. The first-order valence-corrected chi connectivity index (χ1v) is 8.15. The Morgan fingerprint density at radius 1 is 1.19 bits per heavy atom. The van der Waals surface area contributed by atoms with Crippen LogP contribution in [0.3, 0.4) is 0 Å². The predicted molar refractivity (Wildman–Crippen MR) is 94.0 cm³/mol. The zero-order chi connectivity index (χ0) is 19.3. The Bertz CT molecular complexity index is 788. The number of aryl methyl sites for hydroxylation is 1. The van der Waals surface area contributed by atoms with Gasteiger partial charge in [0.25, 0.3) is 0 Å². The number of amides is 1. The summed E-state index contributed by atoms with van der Waals surface area (Å²) in [6.45, 7) is 2.38. The Morgan fingerprint density at radius 3 is 2.54 bits per heavy atom. The van der Waals surface area contributed by atoms with E-state index in [0.29, 0.717) is 29.2 Å². The highest BCUT2D eigenvalue weighted by atomic mass is 19.1. The highest BCUT2D eigenvalue weighted by molar-refractivity contribution is 5.90. The number of carbonyl (C=O) groups excluding carboxylic acids is 2. The molecule has 26 heavy (non-hydrogen) atoms. The zero-order valence-corrected chi connectivity index (χ0v) is 15.4. The van der Waals surface area contributed by atoms with Crippen LogP contribution in [0.5, 0.6) is 0 Å². The molecule has 6 nitrogen and oxygen atoms in total. The summed E-state index contributed by atoms with van der Waals surface area (Å²) in [6, 6.07) is 8.00. The fourth-order valence-corrected chi connectivity index (χ4v) is 2.58. The summed E-state index contributed by atoms with van der Waals surface area (Å²) in [6.07, 6.45) is 0. The Labute approximate surface area is 152 Å². The number of hydrogen-bond acceptors (Lipinski definition) is 5. The van der Waals surface area contributed by atoms with E-state index in [1.807, 2.05) is 0 Å². The van der Waals surface area contributed by atoms with E-state index in [0.717, 1.165) is 0 Å². The molecule has 1 amide bonds. The minimum absolute atomic E-state index is 0.137. The van der Waals surface area contributed by atoms with Crippen molar-refractivity contribution in [2.24, 2.45) is 0 Å². The van der Waals surface area contributed by atoms with Crippen molar-refractivity contribution in [3.63, 3.8) is 0 Å². The van der Waals surface area contributed by atoms with Crippen molar-refractivity contribution in [1.29, 1.82) is 0 Å². The van der Waals surface area contributed by atoms with E-state index >= 15 is 0 Å². The molecule has 0 aliphatic rings. The summed E-state index contributed by atoms with van der Waals surface area (Å²) >= 11 is 0. The third kappa shape index (κ3) is 4.92. The van der Waals surface area contributed by atoms with Gasteiger partial charge in [-0.15, -0.1) is 0 Å². The van der Waals surface area contributed by atoms with Gasteiger partial charge in [-0.25, -0.2) is 9.18 Å². The summed E-state index contributed by atoms with van der Waals surface area (Å²) in [4.78, 5) is 27.2. The van der Waals surface area contributed by atoms with Gasteiger partial charge in [0.2, 0.25) is 5.91 Å². The van der Waals surface area contributed by atoms with Crippen LogP contribution in [0.1, 0.15) is 27.4 Å². The molecular weight excluding hydrogens is 339 g/mol. The molecule has 0 saturated heterocycles. The van der Waals surface area contributed by atoms with Crippen molar-refractivity contribution in [2.75, 3.05) is 27.7 Å². The average Bonchev–Trinajstić information content (AvgIpc) is 2.96. The van der Waals surface area contributed by atoms with Crippen molar-refractivity contribution in [3.8, 4) is 0 Å². The molecule has 0 spiro atoms. The van der Waals surface area contributed by atoms with Crippen LogP contribution in [-0.2, 0) is 22.6 Å². The average molecular weight is 362 g/mol. The normalized spacial score (nSPS) is 10.8. The van der Waals surface area contributed by atoms with Gasteiger partial charge in [-0.3, -0.25) is 9.69 Å². The lowest BCUT2D eigenvalue weighted by molar-refractivity contribution is -0.131. The number of carbonyl (C=O) groups is 2. The number of methoxy groups -OCH3 is 1. The molecule has 0 radical (unpaired) electrons. The minimum Gasteiger partial charge on any atom is -0.465 e. The molecule has 0 aliphatic heterocycles. The van der Waals surface area contributed by atoms with Crippen molar-refractivity contribution in [1.82, 2.24) is 9.80 Å². The number of esters is 1. The molecule has 0 aliphatic carbocycles. The van der Waals surface area contributed by atoms with E-state index in [-0.39, 0.29) is 24.8 Å². The molecule has 0 N–H and O–H groups in total. The number of rotatable bonds is 7. The number of furan rings is 1. The van der Waals surface area contributed by atoms with Gasteiger partial charge >= 0.3 is 5.97 Å². The quantitative estimate of drug-likeness (QED) is 0.709. The van der Waals surface area contributed by atoms with Crippen molar-refractivity contribution in [2.45, 2.75) is 20.0 Å². The van der Waals surface area contributed by atoms with Gasteiger partial charge in [-0.05, 0) is 26.1 Å². The molecule has 140 valence electrons. The van der Waals surface area contributed by atoms with Gasteiger partial charge in [0, 0.05) is 19.2 Å². The predicted octanol–water partition coefficient (Wildman–Crippen LogP) is 2.60. The van der Waals surface area contributed by atoms with Crippen molar-refractivity contribution >= 4 is 11.9 Å². The molecule has 0 saturated carbocycles. The number of benzene rings is 1. The van der Waals surface area contributed by atoms with Crippen LogP contribution in [0.2, 0.25) is 0 Å². The van der Waals surface area contributed by atoms with Crippen molar-refractivity contribution in [3.05, 3.63) is 58.8 Å².